The van der Waals surface area contributed by atoms with Crippen LogP contribution in [0, 0.1) is 12.4 Å². The standard InChI is InChI=1S/C27H20N6.Pt/c1-27(2,23-11-7-9-19(28-23)21-17-32-15-5-3-13-25(32)30-21)24-12-8-10-20(29-24)22-18-33-16-6-4-14-26(33)31-22;/h3-16H,1-2H3;/q-2;+2. The van der Waals surface area contributed by atoms with Crippen LogP contribution in [0.1, 0.15) is 25.2 Å². The van der Waals surface area contributed by atoms with Crippen molar-refractivity contribution in [1.82, 2.24) is 28.7 Å². The second-order valence-corrected chi connectivity index (χ2v) is 8.44. The largest absolute Gasteiger partial charge is 2.00 e. The van der Waals surface area contributed by atoms with Crippen LogP contribution in [0.2, 0.25) is 0 Å². The van der Waals surface area contributed by atoms with E-state index in [9.17, 15) is 0 Å². The van der Waals surface area contributed by atoms with Crippen molar-refractivity contribution in [3.05, 3.63) is 109 Å². The zero-order valence-corrected chi connectivity index (χ0v) is 20.9. The summed E-state index contributed by atoms with van der Waals surface area (Å²) in [6, 6.07) is 23.8. The van der Waals surface area contributed by atoms with Gasteiger partial charge in [-0.1, -0.05) is 73.1 Å². The normalized spacial score (nSPS) is 11.6. The summed E-state index contributed by atoms with van der Waals surface area (Å²) in [5, 5.41) is 0. The van der Waals surface area contributed by atoms with Gasteiger partial charge in [0.15, 0.2) is 0 Å². The van der Waals surface area contributed by atoms with Crippen LogP contribution in [0.5, 0.6) is 0 Å². The SMILES string of the molecule is CC(C)(c1cccc(-c2[c-]n3ccccc3n2)n1)c1cccc(-c2[c-]n3ccccc3n2)n1.[Pt+2]. The fourth-order valence-corrected chi connectivity index (χ4v) is 3.94. The molecule has 0 fully saturated rings. The molecule has 0 aliphatic heterocycles. The number of rotatable bonds is 4. The van der Waals surface area contributed by atoms with Crippen molar-refractivity contribution in [2.75, 3.05) is 0 Å². The van der Waals surface area contributed by atoms with E-state index in [1.807, 2.05) is 94.0 Å². The van der Waals surface area contributed by atoms with Gasteiger partial charge in [-0.3, -0.25) is 19.9 Å². The fourth-order valence-electron chi connectivity index (χ4n) is 3.94. The third-order valence-corrected chi connectivity index (χ3v) is 5.85. The first kappa shape index (κ1) is 22.2. The Morgan fingerprint density at radius 1 is 0.588 bits per heavy atom. The summed E-state index contributed by atoms with van der Waals surface area (Å²) in [5.74, 6) is 0. The minimum atomic E-state index is -0.426. The zero-order chi connectivity index (χ0) is 22.4. The number of nitrogens with zero attached hydrogens (tertiary/aromatic N) is 6. The van der Waals surface area contributed by atoms with Crippen molar-refractivity contribution in [2.24, 2.45) is 0 Å². The molecular weight excluding hydrogens is 603 g/mol. The van der Waals surface area contributed by atoms with Gasteiger partial charge in [0.25, 0.3) is 0 Å². The Labute approximate surface area is 211 Å². The summed E-state index contributed by atoms with van der Waals surface area (Å²) in [7, 11) is 0. The Morgan fingerprint density at radius 3 is 1.50 bits per heavy atom. The molecule has 0 saturated carbocycles. The molecule has 6 aromatic heterocycles. The average molecular weight is 624 g/mol. The van der Waals surface area contributed by atoms with E-state index in [2.05, 4.69) is 36.2 Å². The first-order valence-corrected chi connectivity index (χ1v) is 10.8. The van der Waals surface area contributed by atoms with Crippen LogP contribution in [0.15, 0.2) is 85.2 Å². The molecule has 0 amide bonds. The van der Waals surface area contributed by atoms with E-state index < -0.39 is 5.41 Å². The molecule has 168 valence electrons. The van der Waals surface area contributed by atoms with Crippen molar-refractivity contribution < 1.29 is 21.1 Å². The maximum absolute atomic E-state index is 4.95. The third kappa shape index (κ3) is 3.84. The number of aromatic nitrogens is 6. The van der Waals surface area contributed by atoms with Crippen LogP contribution < -0.4 is 0 Å². The van der Waals surface area contributed by atoms with Gasteiger partial charge in [0.05, 0.1) is 11.3 Å². The van der Waals surface area contributed by atoms with Crippen LogP contribution in [0.4, 0.5) is 0 Å². The fraction of sp³-hybridized carbons (Fsp3) is 0.111. The monoisotopic (exact) mass is 623 g/mol. The second-order valence-electron chi connectivity index (χ2n) is 8.44. The molecule has 7 heteroatoms. The molecule has 6 heterocycles. The maximum Gasteiger partial charge on any atom is 2.00 e. The van der Waals surface area contributed by atoms with Gasteiger partial charge in [-0.05, 0) is 38.4 Å². The first-order valence-electron chi connectivity index (χ1n) is 10.8. The second kappa shape index (κ2) is 8.62. The van der Waals surface area contributed by atoms with E-state index in [1.165, 1.54) is 0 Å². The molecule has 0 aliphatic carbocycles. The minimum Gasteiger partial charge on any atom is -0.426 e. The van der Waals surface area contributed by atoms with Crippen molar-refractivity contribution in [3.8, 4) is 22.8 Å². The van der Waals surface area contributed by atoms with E-state index >= 15 is 0 Å². The molecule has 0 saturated heterocycles. The molecule has 34 heavy (non-hydrogen) atoms. The average Bonchev–Trinajstić information content (AvgIpc) is 3.49. The molecule has 6 nitrogen and oxygen atoms in total. The summed E-state index contributed by atoms with van der Waals surface area (Å²) >= 11 is 0. The zero-order valence-electron chi connectivity index (χ0n) is 18.6. The Morgan fingerprint density at radius 2 is 1.06 bits per heavy atom. The van der Waals surface area contributed by atoms with Crippen molar-refractivity contribution >= 4 is 11.3 Å². The van der Waals surface area contributed by atoms with Gasteiger partial charge in [-0.2, -0.15) is 0 Å². The van der Waals surface area contributed by atoms with E-state index in [0.29, 0.717) is 0 Å². The van der Waals surface area contributed by atoms with Gasteiger partial charge < -0.3 is 8.80 Å². The Bertz CT molecular complexity index is 1430. The molecular formula is C27H20N6Pt. The van der Waals surface area contributed by atoms with Crippen LogP contribution in [0.25, 0.3) is 34.1 Å². The predicted octanol–water partition coefficient (Wildman–Crippen LogP) is 5.03. The smallest absolute Gasteiger partial charge is 0.426 e. The maximum atomic E-state index is 4.95. The van der Waals surface area contributed by atoms with Crippen LogP contribution in [-0.4, -0.2) is 28.7 Å². The molecule has 6 rings (SSSR count). The van der Waals surface area contributed by atoms with Crippen LogP contribution >= 0.6 is 0 Å². The molecule has 0 bridgehead atoms. The van der Waals surface area contributed by atoms with E-state index in [0.717, 1.165) is 45.5 Å². The van der Waals surface area contributed by atoms with Crippen LogP contribution in [-0.2, 0) is 26.5 Å². The first-order chi connectivity index (χ1) is 16.1. The molecule has 0 unspecified atom stereocenters. The van der Waals surface area contributed by atoms with Gasteiger partial charge in [-0.25, -0.2) is 0 Å². The number of imidazole rings is 2. The quantitative estimate of drug-likeness (QED) is 0.259. The summed E-state index contributed by atoms with van der Waals surface area (Å²) in [4.78, 5) is 19.2. The van der Waals surface area contributed by atoms with Gasteiger partial charge in [-0.15, -0.1) is 0 Å². The third-order valence-electron chi connectivity index (χ3n) is 5.85. The molecule has 0 spiro atoms. The van der Waals surface area contributed by atoms with E-state index in [4.69, 9.17) is 9.97 Å². The Kier molecular flexibility index (Phi) is 5.62. The summed E-state index contributed by atoms with van der Waals surface area (Å²) in [5.41, 5.74) is 6.10. The van der Waals surface area contributed by atoms with Gasteiger partial charge in [0.2, 0.25) is 0 Å². The van der Waals surface area contributed by atoms with E-state index in [-0.39, 0.29) is 21.1 Å². The number of hydrogen-bond donors (Lipinski definition) is 0. The van der Waals surface area contributed by atoms with Crippen molar-refractivity contribution in [2.45, 2.75) is 19.3 Å². The van der Waals surface area contributed by atoms with Crippen molar-refractivity contribution in [3.63, 3.8) is 0 Å². The van der Waals surface area contributed by atoms with E-state index in [1.54, 1.807) is 0 Å². The molecule has 6 aromatic rings. The molecule has 0 aliphatic rings. The molecule has 0 N–H and O–H groups in total. The van der Waals surface area contributed by atoms with Crippen LogP contribution in [0.3, 0.4) is 0 Å². The topological polar surface area (TPSA) is 60.4 Å². The summed E-state index contributed by atoms with van der Waals surface area (Å²) in [6.45, 7) is 4.26. The van der Waals surface area contributed by atoms with Gasteiger partial charge in [0, 0.05) is 39.6 Å². The Hall–Kier alpha value is -3.63. The Balaban J connectivity index is 0.00000241. The number of fused-ring (bicyclic) bond motifs is 2. The predicted molar refractivity (Wildman–Crippen MR) is 127 cm³/mol. The number of hydrogen-bond acceptors (Lipinski definition) is 4. The van der Waals surface area contributed by atoms with Gasteiger partial charge >= 0.3 is 21.1 Å². The molecule has 0 radical (unpaired) electrons. The minimum absolute atomic E-state index is 0. The molecule has 0 aromatic carbocycles. The van der Waals surface area contributed by atoms with Gasteiger partial charge in [0.1, 0.15) is 0 Å². The summed E-state index contributed by atoms with van der Waals surface area (Å²) in [6.07, 6.45) is 10.4. The number of pyridine rings is 4. The summed E-state index contributed by atoms with van der Waals surface area (Å²) < 4.78 is 3.76. The molecule has 0 atom stereocenters. The van der Waals surface area contributed by atoms with Crippen molar-refractivity contribution in [1.29, 1.82) is 0 Å².